The van der Waals surface area contributed by atoms with E-state index in [-0.39, 0.29) is 17.1 Å². The number of anilines is 1. The highest BCUT2D eigenvalue weighted by Gasteiger charge is 2.36. The minimum atomic E-state index is -0.804. The van der Waals surface area contributed by atoms with E-state index < -0.39 is 17.8 Å². The lowest BCUT2D eigenvalue weighted by molar-refractivity contribution is -0.122. The molecule has 1 fully saturated rings. The van der Waals surface area contributed by atoms with E-state index in [4.69, 9.17) is 4.74 Å². The summed E-state index contributed by atoms with van der Waals surface area (Å²) in [6, 6.07) is 9.27. The minimum Gasteiger partial charge on any atom is -0.503 e. The molecule has 2 aromatic carbocycles. The first-order valence-corrected chi connectivity index (χ1v) is 10.2. The number of carbonyl (C=O) groups is 3. The molecule has 0 atom stereocenters. The fourth-order valence-corrected chi connectivity index (χ4v) is 3.47. The van der Waals surface area contributed by atoms with Crippen LogP contribution >= 0.6 is 15.9 Å². The van der Waals surface area contributed by atoms with Crippen molar-refractivity contribution in [1.29, 1.82) is 0 Å². The van der Waals surface area contributed by atoms with Crippen molar-refractivity contribution in [3.05, 3.63) is 57.6 Å². The van der Waals surface area contributed by atoms with Crippen LogP contribution in [0.1, 0.15) is 37.8 Å². The average molecular weight is 473 g/mol. The Hall–Kier alpha value is -3.13. The van der Waals surface area contributed by atoms with Gasteiger partial charge in [-0.1, -0.05) is 26.0 Å². The number of phenolic OH excluding ortho intramolecular Hbond substituents is 1. The van der Waals surface area contributed by atoms with Crippen molar-refractivity contribution in [1.82, 2.24) is 5.32 Å². The summed E-state index contributed by atoms with van der Waals surface area (Å²) in [6.07, 6.45) is 1.35. The van der Waals surface area contributed by atoms with E-state index in [1.165, 1.54) is 12.1 Å². The SMILES string of the molecule is CCOc1cc(/C=C2/C(=O)NC(=O)N(c3ccc(C(C)C)cc3)C2=O)cc(Br)c1O. The smallest absolute Gasteiger partial charge is 0.335 e. The van der Waals surface area contributed by atoms with Gasteiger partial charge in [-0.3, -0.25) is 14.9 Å². The van der Waals surface area contributed by atoms with Gasteiger partial charge in [-0.2, -0.15) is 0 Å². The highest BCUT2D eigenvalue weighted by Crippen LogP contribution is 2.36. The van der Waals surface area contributed by atoms with Crippen LogP contribution in [0.3, 0.4) is 0 Å². The summed E-state index contributed by atoms with van der Waals surface area (Å²) in [5, 5.41) is 12.3. The molecule has 1 saturated heterocycles. The van der Waals surface area contributed by atoms with Crippen molar-refractivity contribution >= 4 is 45.5 Å². The van der Waals surface area contributed by atoms with Crippen molar-refractivity contribution in [2.75, 3.05) is 11.5 Å². The summed E-state index contributed by atoms with van der Waals surface area (Å²) in [4.78, 5) is 38.7. The van der Waals surface area contributed by atoms with Crippen LogP contribution in [0.5, 0.6) is 11.5 Å². The Morgan fingerprint density at radius 3 is 2.43 bits per heavy atom. The van der Waals surface area contributed by atoms with E-state index in [1.54, 1.807) is 25.1 Å². The third kappa shape index (κ3) is 4.23. The molecule has 30 heavy (non-hydrogen) atoms. The number of amides is 4. The van der Waals surface area contributed by atoms with Crippen LogP contribution in [0.4, 0.5) is 10.5 Å². The molecule has 0 bridgehead atoms. The molecule has 0 aromatic heterocycles. The monoisotopic (exact) mass is 472 g/mol. The Kier molecular flexibility index (Phi) is 6.26. The summed E-state index contributed by atoms with van der Waals surface area (Å²) in [7, 11) is 0. The molecule has 2 N–H and O–H groups in total. The second kappa shape index (κ2) is 8.71. The van der Waals surface area contributed by atoms with Gasteiger partial charge >= 0.3 is 6.03 Å². The number of nitrogens with zero attached hydrogens (tertiary/aromatic N) is 1. The van der Waals surface area contributed by atoms with Crippen molar-refractivity contribution in [3.63, 3.8) is 0 Å². The number of benzene rings is 2. The zero-order valence-electron chi connectivity index (χ0n) is 16.7. The Bertz CT molecular complexity index is 1040. The Morgan fingerprint density at radius 2 is 1.83 bits per heavy atom. The number of aromatic hydroxyl groups is 1. The second-order valence-electron chi connectivity index (χ2n) is 6.99. The standard InChI is InChI=1S/C22H21BrN2O5/c1-4-30-18-11-13(10-17(23)19(18)26)9-16-20(27)24-22(29)25(21(16)28)15-7-5-14(6-8-15)12(2)3/h5-12,26H,4H2,1-3H3,(H,24,27,29)/b16-9-. The molecule has 1 aliphatic heterocycles. The van der Waals surface area contributed by atoms with Gasteiger partial charge < -0.3 is 9.84 Å². The number of rotatable bonds is 5. The van der Waals surface area contributed by atoms with Gasteiger partial charge in [-0.15, -0.1) is 0 Å². The number of barbiturate groups is 1. The number of hydrogen-bond acceptors (Lipinski definition) is 5. The topological polar surface area (TPSA) is 95.9 Å². The Labute approximate surface area is 182 Å². The summed E-state index contributed by atoms with van der Waals surface area (Å²) in [5.41, 5.74) is 1.67. The first kappa shape index (κ1) is 21.6. The maximum absolute atomic E-state index is 13.0. The number of nitrogens with one attached hydrogen (secondary N) is 1. The molecule has 0 saturated carbocycles. The van der Waals surface area contributed by atoms with Crippen LogP contribution in [0.25, 0.3) is 6.08 Å². The van der Waals surface area contributed by atoms with Gasteiger partial charge in [0.05, 0.1) is 16.8 Å². The lowest BCUT2D eigenvalue weighted by Gasteiger charge is -2.26. The molecular weight excluding hydrogens is 452 g/mol. The first-order valence-electron chi connectivity index (χ1n) is 9.39. The summed E-state index contributed by atoms with van der Waals surface area (Å²) < 4.78 is 5.73. The predicted octanol–water partition coefficient (Wildman–Crippen LogP) is 4.34. The molecule has 4 amide bonds. The quantitative estimate of drug-likeness (QED) is 0.498. The van der Waals surface area contributed by atoms with Gasteiger partial charge in [0.2, 0.25) is 0 Å². The number of imide groups is 2. The first-order chi connectivity index (χ1) is 14.2. The minimum absolute atomic E-state index is 0.0829. The zero-order valence-corrected chi connectivity index (χ0v) is 18.3. The maximum Gasteiger partial charge on any atom is 0.335 e. The third-order valence-electron chi connectivity index (χ3n) is 4.58. The van der Waals surface area contributed by atoms with E-state index in [2.05, 4.69) is 21.2 Å². The molecule has 0 radical (unpaired) electrons. The van der Waals surface area contributed by atoms with Gasteiger partial charge in [0.15, 0.2) is 11.5 Å². The van der Waals surface area contributed by atoms with Crippen molar-refractivity contribution in [3.8, 4) is 11.5 Å². The fraction of sp³-hybridized carbons (Fsp3) is 0.227. The summed E-state index contributed by atoms with van der Waals surface area (Å²) in [6.45, 7) is 6.18. The van der Waals surface area contributed by atoms with E-state index in [1.807, 2.05) is 26.0 Å². The molecule has 2 aromatic rings. The largest absolute Gasteiger partial charge is 0.503 e. The number of phenols is 1. The van der Waals surface area contributed by atoms with E-state index in [0.29, 0.717) is 28.2 Å². The van der Waals surface area contributed by atoms with Crippen LogP contribution in [0.15, 0.2) is 46.4 Å². The molecular formula is C22H21BrN2O5. The fourth-order valence-electron chi connectivity index (χ4n) is 3.01. The van der Waals surface area contributed by atoms with Gasteiger partial charge in [0.25, 0.3) is 11.8 Å². The van der Waals surface area contributed by atoms with E-state index in [0.717, 1.165) is 10.5 Å². The highest BCUT2D eigenvalue weighted by molar-refractivity contribution is 9.10. The van der Waals surface area contributed by atoms with Crippen molar-refractivity contribution in [2.45, 2.75) is 26.7 Å². The number of hydrogen-bond donors (Lipinski definition) is 2. The molecule has 7 nitrogen and oxygen atoms in total. The molecule has 156 valence electrons. The molecule has 0 aliphatic carbocycles. The van der Waals surface area contributed by atoms with Crippen molar-refractivity contribution < 1.29 is 24.2 Å². The lowest BCUT2D eigenvalue weighted by Crippen LogP contribution is -2.54. The number of halogens is 1. The van der Waals surface area contributed by atoms with Crippen LogP contribution in [0, 0.1) is 0 Å². The zero-order chi connectivity index (χ0) is 22.0. The maximum atomic E-state index is 13.0. The summed E-state index contributed by atoms with van der Waals surface area (Å²) in [5.74, 6) is -1.10. The van der Waals surface area contributed by atoms with Crippen molar-refractivity contribution in [2.24, 2.45) is 0 Å². The van der Waals surface area contributed by atoms with Gasteiger partial charge in [0.1, 0.15) is 5.57 Å². The number of carbonyl (C=O) groups excluding carboxylic acids is 3. The summed E-state index contributed by atoms with van der Waals surface area (Å²) >= 11 is 3.23. The third-order valence-corrected chi connectivity index (χ3v) is 5.19. The highest BCUT2D eigenvalue weighted by atomic mass is 79.9. The Morgan fingerprint density at radius 1 is 1.17 bits per heavy atom. The average Bonchev–Trinajstić information content (AvgIpc) is 2.69. The second-order valence-corrected chi connectivity index (χ2v) is 7.84. The van der Waals surface area contributed by atoms with Gasteiger partial charge in [-0.05, 0) is 70.2 Å². The normalized spacial score (nSPS) is 15.7. The molecule has 8 heteroatoms. The predicted molar refractivity (Wildman–Crippen MR) is 117 cm³/mol. The molecule has 1 aliphatic rings. The van der Waals surface area contributed by atoms with Gasteiger partial charge in [-0.25, -0.2) is 9.69 Å². The Balaban J connectivity index is 2.00. The van der Waals surface area contributed by atoms with E-state index in [9.17, 15) is 19.5 Å². The molecule has 0 unspecified atom stereocenters. The van der Waals surface area contributed by atoms with Crippen LogP contribution < -0.4 is 15.0 Å². The number of ether oxygens (including phenoxy) is 1. The molecule has 0 spiro atoms. The van der Waals surface area contributed by atoms with Crippen LogP contribution in [-0.2, 0) is 9.59 Å². The molecule has 1 heterocycles. The van der Waals surface area contributed by atoms with E-state index >= 15 is 0 Å². The van der Waals surface area contributed by atoms with Gasteiger partial charge in [0, 0.05) is 0 Å². The number of urea groups is 1. The van der Waals surface area contributed by atoms with Crippen LogP contribution in [0.2, 0.25) is 0 Å². The lowest BCUT2D eigenvalue weighted by atomic mass is 10.0. The van der Waals surface area contributed by atoms with Crippen LogP contribution in [-0.4, -0.2) is 29.6 Å². The molecule has 3 rings (SSSR count).